The van der Waals surface area contributed by atoms with Gasteiger partial charge in [0.2, 0.25) is 0 Å². The largest absolute Gasteiger partial charge is 0.331 e. The van der Waals surface area contributed by atoms with Crippen LogP contribution >= 0.6 is 11.6 Å². The van der Waals surface area contributed by atoms with Crippen molar-refractivity contribution in [3.8, 4) is 0 Å². The first-order chi connectivity index (χ1) is 13.7. The number of hydrogen-bond acceptors (Lipinski definition) is 5. The molecule has 1 N–H and O–H groups in total. The van der Waals surface area contributed by atoms with Crippen LogP contribution in [0.4, 0.5) is 0 Å². The van der Waals surface area contributed by atoms with Crippen LogP contribution in [0.2, 0.25) is 5.02 Å². The summed E-state index contributed by atoms with van der Waals surface area (Å²) in [5.41, 5.74) is 0.188. The van der Waals surface area contributed by atoms with Crippen LogP contribution in [0.15, 0.2) is 52.2 Å². The molecular formula is C20H20ClN3O4S. The SMILES string of the molecule is CCCN(Cc1nc2cc(Cl)ccc2c(=O)[nH]1)C(=O)c1ccccc1S(C)(=O)=O. The summed E-state index contributed by atoms with van der Waals surface area (Å²) in [5.74, 6) is -0.148. The number of H-pyrrole nitrogens is 1. The highest BCUT2D eigenvalue weighted by Crippen LogP contribution is 2.19. The summed E-state index contributed by atoms with van der Waals surface area (Å²) in [6.07, 6.45) is 1.71. The first-order valence-corrected chi connectivity index (χ1v) is 11.2. The molecule has 0 saturated carbocycles. The smallest absolute Gasteiger partial charge is 0.258 e. The first-order valence-electron chi connectivity index (χ1n) is 8.97. The number of benzene rings is 2. The fourth-order valence-electron chi connectivity index (χ4n) is 3.08. The van der Waals surface area contributed by atoms with E-state index in [0.717, 1.165) is 6.26 Å². The molecule has 0 aliphatic carbocycles. The van der Waals surface area contributed by atoms with Crippen LogP contribution in [0, 0.1) is 0 Å². The molecular weight excluding hydrogens is 414 g/mol. The zero-order valence-corrected chi connectivity index (χ0v) is 17.5. The number of fused-ring (bicyclic) bond motifs is 1. The second-order valence-corrected chi connectivity index (χ2v) is 9.09. The van der Waals surface area contributed by atoms with Crippen LogP contribution in [0.25, 0.3) is 10.9 Å². The average Bonchev–Trinajstić information content (AvgIpc) is 2.66. The molecule has 29 heavy (non-hydrogen) atoms. The number of hydrogen-bond donors (Lipinski definition) is 1. The van der Waals surface area contributed by atoms with Crippen molar-refractivity contribution < 1.29 is 13.2 Å². The summed E-state index contributed by atoms with van der Waals surface area (Å²) in [5, 5.41) is 0.846. The first kappa shape index (κ1) is 21.0. The Morgan fingerprint density at radius 2 is 1.93 bits per heavy atom. The highest BCUT2D eigenvalue weighted by atomic mass is 35.5. The minimum atomic E-state index is -3.58. The van der Waals surface area contributed by atoms with Crippen molar-refractivity contribution in [2.24, 2.45) is 0 Å². The van der Waals surface area contributed by atoms with Crippen LogP contribution in [-0.2, 0) is 16.4 Å². The lowest BCUT2D eigenvalue weighted by atomic mass is 10.2. The van der Waals surface area contributed by atoms with Crippen molar-refractivity contribution in [2.75, 3.05) is 12.8 Å². The number of rotatable bonds is 6. The molecule has 3 aromatic rings. The Kier molecular flexibility index (Phi) is 6.04. The van der Waals surface area contributed by atoms with Crippen LogP contribution in [0.5, 0.6) is 0 Å². The third-order valence-corrected chi connectivity index (χ3v) is 5.75. The molecule has 1 heterocycles. The second kappa shape index (κ2) is 8.34. The van der Waals surface area contributed by atoms with Gasteiger partial charge in [-0.2, -0.15) is 0 Å². The number of sulfone groups is 1. The third-order valence-electron chi connectivity index (χ3n) is 4.36. The van der Waals surface area contributed by atoms with Gasteiger partial charge in [-0.25, -0.2) is 13.4 Å². The molecule has 7 nitrogen and oxygen atoms in total. The lowest BCUT2D eigenvalue weighted by Gasteiger charge is -2.22. The van der Waals surface area contributed by atoms with Crippen molar-refractivity contribution in [3.63, 3.8) is 0 Å². The number of nitrogens with zero attached hydrogens (tertiary/aromatic N) is 2. The van der Waals surface area contributed by atoms with Gasteiger partial charge in [0, 0.05) is 17.8 Å². The van der Waals surface area contributed by atoms with Crippen molar-refractivity contribution >= 4 is 38.2 Å². The van der Waals surface area contributed by atoms with Crippen molar-refractivity contribution in [2.45, 2.75) is 24.8 Å². The van der Waals surface area contributed by atoms with E-state index in [4.69, 9.17) is 11.6 Å². The summed E-state index contributed by atoms with van der Waals surface area (Å²) < 4.78 is 24.2. The minimum Gasteiger partial charge on any atom is -0.331 e. The standard InChI is InChI=1S/C20H20ClN3O4S/c1-3-10-24(20(26)15-6-4-5-7-17(15)29(2,27)28)12-18-22-16-11-13(21)8-9-14(16)19(25)23-18/h4-9,11H,3,10,12H2,1-2H3,(H,22,23,25). The molecule has 1 aromatic heterocycles. The molecule has 0 saturated heterocycles. The maximum atomic E-state index is 13.1. The zero-order chi connectivity index (χ0) is 21.2. The Bertz CT molecular complexity index is 1240. The van der Waals surface area contributed by atoms with Crippen LogP contribution in [-0.4, -0.2) is 42.0 Å². The molecule has 0 atom stereocenters. The predicted molar refractivity (Wildman–Crippen MR) is 112 cm³/mol. The Hall–Kier alpha value is -2.71. The van der Waals surface area contributed by atoms with E-state index >= 15 is 0 Å². The van der Waals surface area contributed by atoms with Crippen LogP contribution in [0.3, 0.4) is 0 Å². The van der Waals surface area contributed by atoms with Gasteiger partial charge in [0.15, 0.2) is 9.84 Å². The molecule has 0 aliphatic heterocycles. The molecule has 0 radical (unpaired) electrons. The molecule has 2 aromatic carbocycles. The highest BCUT2D eigenvalue weighted by Gasteiger charge is 2.23. The van der Waals surface area contributed by atoms with Gasteiger partial charge in [-0.1, -0.05) is 30.7 Å². The van der Waals surface area contributed by atoms with Crippen molar-refractivity contribution in [1.29, 1.82) is 0 Å². The molecule has 3 rings (SSSR count). The molecule has 1 amide bonds. The number of halogens is 1. The quantitative estimate of drug-likeness (QED) is 0.644. The van der Waals surface area contributed by atoms with Gasteiger partial charge < -0.3 is 9.88 Å². The van der Waals surface area contributed by atoms with Gasteiger partial charge in [-0.05, 0) is 36.8 Å². The average molecular weight is 434 g/mol. The zero-order valence-electron chi connectivity index (χ0n) is 16.0. The van der Waals surface area contributed by atoms with Gasteiger partial charge in [-0.15, -0.1) is 0 Å². The number of amides is 1. The fraction of sp³-hybridized carbons (Fsp3) is 0.250. The Morgan fingerprint density at radius 3 is 2.62 bits per heavy atom. The number of carbonyl (C=O) groups excluding carboxylic acids is 1. The minimum absolute atomic E-state index is 0.0298. The molecule has 0 unspecified atom stereocenters. The molecule has 0 spiro atoms. The van der Waals surface area contributed by atoms with Crippen molar-refractivity contribution in [3.05, 3.63) is 69.2 Å². The van der Waals surface area contributed by atoms with Crippen LogP contribution < -0.4 is 5.56 Å². The fourth-order valence-corrected chi connectivity index (χ4v) is 4.12. The van der Waals surface area contributed by atoms with Gasteiger partial charge >= 0.3 is 0 Å². The van der Waals surface area contributed by atoms with Crippen LogP contribution in [0.1, 0.15) is 29.5 Å². The highest BCUT2D eigenvalue weighted by molar-refractivity contribution is 7.90. The summed E-state index contributed by atoms with van der Waals surface area (Å²) in [6.45, 7) is 2.30. The molecule has 0 aliphatic rings. The maximum Gasteiger partial charge on any atom is 0.258 e. The van der Waals surface area contributed by atoms with E-state index in [1.807, 2.05) is 6.92 Å². The summed E-state index contributed by atoms with van der Waals surface area (Å²) in [7, 11) is -3.58. The summed E-state index contributed by atoms with van der Waals surface area (Å²) in [6, 6.07) is 10.9. The Balaban J connectivity index is 2.01. The molecule has 152 valence electrons. The van der Waals surface area contributed by atoms with E-state index in [1.54, 1.807) is 30.3 Å². The Labute approximate surface area is 173 Å². The number of aromatic nitrogens is 2. The number of nitrogens with one attached hydrogen (secondary N) is 1. The van der Waals surface area contributed by atoms with Crippen molar-refractivity contribution in [1.82, 2.24) is 14.9 Å². The van der Waals surface area contributed by atoms with E-state index in [2.05, 4.69) is 9.97 Å². The van der Waals surface area contributed by atoms with Gasteiger partial charge in [-0.3, -0.25) is 9.59 Å². The molecule has 0 fully saturated rings. The lowest BCUT2D eigenvalue weighted by molar-refractivity contribution is 0.0735. The maximum absolute atomic E-state index is 13.1. The lowest BCUT2D eigenvalue weighted by Crippen LogP contribution is -2.33. The predicted octanol–water partition coefficient (Wildman–Crippen LogP) is 3.03. The van der Waals surface area contributed by atoms with E-state index < -0.39 is 15.7 Å². The summed E-state index contributed by atoms with van der Waals surface area (Å²) in [4.78, 5) is 34.0. The normalized spacial score (nSPS) is 11.6. The van der Waals surface area contributed by atoms with E-state index in [-0.39, 0.29) is 22.6 Å². The Morgan fingerprint density at radius 1 is 1.21 bits per heavy atom. The van der Waals surface area contributed by atoms with E-state index in [9.17, 15) is 18.0 Å². The third kappa shape index (κ3) is 4.65. The molecule has 9 heteroatoms. The molecule has 0 bridgehead atoms. The number of aromatic amines is 1. The van der Waals surface area contributed by atoms with E-state index in [1.165, 1.54) is 17.0 Å². The topological polar surface area (TPSA) is 100 Å². The van der Waals surface area contributed by atoms with Gasteiger partial charge in [0.25, 0.3) is 11.5 Å². The van der Waals surface area contributed by atoms with Gasteiger partial charge in [0.05, 0.1) is 27.9 Å². The summed E-state index contributed by atoms with van der Waals surface area (Å²) >= 11 is 6.00. The van der Waals surface area contributed by atoms with Gasteiger partial charge in [0.1, 0.15) is 5.82 Å². The monoisotopic (exact) mass is 433 g/mol. The second-order valence-electron chi connectivity index (χ2n) is 6.67. The number of carbonyl (C=O) groups is 1. The van der Waals surface area contributed by atoms with E-state index in [0.29, 0.717) is 34.7 Å².